The van der Waals surface area contributed by atoms with Crippen LogP contribution in [0, 0.1) is 5.92 Å². The van der Waals surface area contributed by atoms with E-state index >= 15 is 0 Å². The van der Waals surface area contributed by atoms with Gasteiger partial charge in [-0.1, -0.05) is 12.1 Å². The van der Waals surface area contributed by atoms with Crippen molar-refractivity contribution in [2.24, 2.45) is 11.7 Å². The highest BCUT2D eigenvalue weighted by atomic mass is 16.5. The minimum absolute atomic E-state index is 0.0632. The molecular formula is C17H22N4O2. The summed E-state index contributed by atoms with van der Waals surface area (Å²) in [6.07, 6.45) is 5.69. The van der Waals surface area contributed by atoms with E-state index in [0.717, 1.165) is 11.3 Å². The predicted octanol–water partition coefficient (Wildman–Crippen LogP) is 1.41. The maximum absolute atomic E-state index is 12.1. The Labute approximate surface area is 135 Å². The van der Waals surface area contributed by atoms with Crippen LogP contribution in [0.2, 0.25) is 0 Å². The summed E-state index contributed by atoms with van der Waals surface area (Å²) in [4.78, 5) is 12.1. The molecule has 1 heterocycles. The number of hydrogen-bond donors (Lipinski definition) is 2. The number of methoxy groups -OCH3 is 1. The fraction of sp³-hybridized carbons (Fsp3) is 0.412. The van der Waals surface area contributed by atoms with E-state index in [1.54, 1.807) is 24.2 Å². The zero-order valence-electron chi connectivity index (χ0n) is 13.2. The standard InChI is InChI=1S/C17H22N4O2/c1-23-15-6-2-12(3-7-15)10-21-11-14(8-20-21)17(22)19-9-16(18)13-4-5-13/h2-3,6-8,11,13,16H,4-5,9-10,18H2,1H3,(H,19,22). The Hall–Kier alpha value is -2.34. The van der Waals surface area contributed by atoms with Gasteiger partial charge in [-0.25, -0.2) is 0 Å². The van der Waals surface area contributed by atoms with Gasteiger partial charge < -0.3 is 15.8 Å². The molecule has 6 nitrogen and oxygen atoms in total. The van der Waals surface area contributed by atoms with E-state index in [0.29, 0.717) is 24.6 Å². The largest absolute Gasteiger partial charge is 0.497 e. The molecule has 1 aliphatic rings. The first-order chi connectivity index (χ1) is 11.2. The van der Waals surface area contributed by atoms with Crippen LogP contribution in [0.25, 0.3) is 0 Å². The molecule has 1 aromatic carbocycles. The third-order valence-electron chi connectivity index (χ3n) is 4.12. The van der Waals surface area contributed by atoms with Gasteiger partial charge >= 0.3 is 0 Å². The molecule has 3 N–H and O–H groups in total. The summed E-state index contributed by atoms with van der Waals surface area (Å²) in [7, 11) is 1.64. The second kappa shape index (κ2) is 6.83. The summed E-state index contributed by atoms with van der Waals surface area (Å²) in [6, 6.07) is 7.84. The highest BCUT2D eigenvalue weighted by Crippen LogP contribution is 2.31. The molecule has 0 bridgehead atoms. The molecule has 1 fully saturated rings. The summed E-state index contributed by atoms with van der Waals surface area (Å²) in [5.41, 5.74) is 7.64. The fourth-order valence-corrected chi connectivity index (χ4v) is 2.49. The van der Waals surface area contributed by atoms with Crippen LogP contribution in [0.15, 0.2) is 36.7 Å². The Morgan fingerprint density at radius 2 is 2.17 bits per heavy atom. The number of ether oxygens (including phenoxy) is 1. The van der Waals surface area contributed by atoms with Crippen LogP contribution in [0.4, 0.5) is 0 Å². The number of carbonyl (C=O) groups is 1. The van der Waals surface area contributed by atoms with Crippen LogP contribution < -0.4 is 15.8 Å². The molecule has 1 saturated carbocycles. The van der Waals surface area contributed by atoms with Gasteiger partial charge in [-0.15, -0.1) is 0 Å². The van der Waals surface area contributed by atoms with Crippen molar-refractivity contribution in [1.82, 2.24) is 15.1 Å². The van der Waals surface area contributed by atoms with Crippen molar-refractivity contribution in [3.05, 3.63) is 47.8 Å². The van der Waals surface area contributed by atoms with Gasteiger partial charge in [0, 0.05) is 18.8 Å². The summed E-state index contributed by atoms with van der Waals surface area (Å²) >= 11 is 0. The molecule has 0 radical (unpaired) electrons. The molecule has 0 spiro atoms. The van der Waals surface area contributed by atoms with Gasteiger partial charge in [0.15, 0.2) is 0 Å². The van der Waals surface area contributed by atoms with Gasteiger partial charge in [0.25, 0.3) is 5.91 Å². The number of amides is 1. The second-order valence-corrected chi connectivity index (χ2v) is 5.99. The highest BCUT2D eigenvalue weighted by Gasteiger charge is 2.28. The first kappa shape index (κ1) is 15.6. The van der Waals surface area contributed by atoms with Crippen molar-refractivity contribution in [2.45, 2.75) is 25.4 Å². The molecule has 0 saturated heterocycles. The van der Waals surface area contributed by atoms with Crippen LogP contribution in [-0.4, -0.2) is 35.4 Å². The van der Waals surface area contributed by atoms with E-state index in [1.165, 1.54) is 12.8 Å². The van der Waals surface area contributed by atoms with E-state index in [2.05, 4.69) is 10.4 Å². The maximum atomic E-state index is 12.1. The quantitative estimate of drug-likeness (QED) is 0.809. The number of hydrogen-bond acceptors (Lipinski definition) is 4. The molecule has 23 heavy (non-hydrogen) atoms. The average molecular weight is 314 g/mol. The van der Waals surface area contributed by atoms with Gasteiger partial charge in [0.2, 0.25) is 0 Å². The maximum Gasteiger partial charge on any atom is 0.254 e. The Bertz CT molecular complexity index is 661. The normalized spacial score (nSPS) is 15.2. The lowest BCUT2D eigenvalue weighted by atomic mass is 10.2. The molecule has 1 aromatic heterocycles. The van der Waals surface area contributed by atoms with Crippen molar-refractivity contribution in [2.75, 3.05) is 13.7 Å². The first-order valence-electron chi connectivity index (χ1n) is 7.85. The summed E-state index contributed by atoms with van der Waals surface area (Å²) < 4.78 is 6.88. The lowest BCUT2D eigenvalue weighted by Gasteiger charge is -2.10. The van der Waals surface area contributed by atoms with E-state index in [-0.39, 0.29) is 11.9 Å². The topological polar surface area (TPSA) is 82.2 Å². The molecule has 1 amide bonds. The molecule has 1 unspecified atom stereocenters. The zero-order valence-corrected chi connectivity index (χ0v) is 13.2. The lowest BCUT2D eigenvalue weighted by Crippen LogP contribution is -2.38. The Morgan fingerprint density at radius 3 is 2.83 bits per heavy atom. The third-order valence-corrected chi connectivity index (χ3v) is 4.12. The molecule has 3 rings (SSSR count). The molecule has 6 heteroatoms. The van der Waals surface area contributed by atoms with Crippen molar-refractivity contribution in [3.8, 4) is 5.75 Å². The minimum Gasteiger partial charge on any atom is -0.497 e. The molecule has 0 aliphatic heterocycles. The van der Waals surface area contributed by atoms with Gasteiger partial charge in [0.1, 0.15) is 5.75 Å². The Morgan fingerprint density at radius 1 is 1.43 bits per heavy atom. The number of nitrogens with two attached hydrogens (primary N) is 1. The van der Waals surface area contributed by atoms with E-state index in [9.17, 15) is 4.79 Å². The third kappa shape index (κ3) is 4.10. The summed E-state index contributed by atoms with van der Waals surface area (Å²) in [6.45, 7) is 1.13. The van der Waals surface area contributed by atoms with Gasteiger partial charge in [0.05, 0.1) is 25.4 Å². The van der Waals surface area contributed by atoms with Crippen LogP contribution in [0.3, 0.4) is 0 Å². The molecular weight excluding hydrogens is 292 g/mol. The van der Waals surface area contributed by atoms with Crippen molar-refractivity contribution in [1.29, 1.82) is 0 Å². The molecule has 1 aliphatic carbocycles. The Kier molecular flexibility index (Phi) is 4.62. The van der Waals surface area contributed by atoms with Crippen molar-refractivity contribution < 1.29 is 9.53 Å². The molecule has 122 valence electrons. The Balaban J connectivity index is 1.54. The van der Waals surface area contributed by atoms with Crippen LogP contribution >= 0.6 is 0 Å². The highest BCUT2D eigenvalue weighted by molar-refractivity contribution is 5.93. The smallest absolute Gasteiger partial charge is 0.254 e. The monoisotopic (exact) mass is 314 g/mol. The second-order valence-electron chi connectivity index (χ2n) is 5.99. The number of benzene rings is 1. The van der Waals surface area contributed by atoms with Crippen molar-refractivity contribution in [3.63, 3.8) is 0 Å². The zero-order chi connectivity index (χ0) is 16.2. The van der Waals surface area contributed by atoms with Crippen molar-refractivity contribution >= 4 is 5.91 Å². The van der Waals surface area contributed by atoms with E-state index < -0.39 is 0 Å². The minimum atomic E-state index is -0.123. The van der Waals surface area contributed by atoms with Gasteiger partial charge in [-0.3, -0.25) is 9.48 Å². The van der Waals surface area contributed by atoms with Gasteiger partial charge in [-0.2, -0.15) is 5.10 Å². The van der Waals surface area contributed by atoms with Crippen LogP contribution in [0.1, 0.15) is 28.8 Å². The summed E-state index contributed by atoms with van der Waals surface area (Å²) in [5, 5.41) is 7.12. The molecule has 1 atom stereocenters. The lowest BCUT2D eigenvalue weighted by molar-refractivity contribution is 0.0950. The van der Waals surface area contributed by atoms with E-state index in [1.807, 2.05) is 24.3 Å². The number of aromatic nitrogens is 2. The first-order valence-corrected chi connectivity index (χ1v) is 7.85. The fourth-order valence-electron chi connectivity index (χ4n) is 2.49. The van der Waals surface area contributed by atoms with Crippen LogP contribution in [-0.2, 0) is 6.54 Å². The molecule has 2 aromatic rings. The van der Waals surface area contributed by atoms with Gasteiger partial charge in [-0.05, 0) is 36.5 Å². The summed E-state index contributed by atoms with van der Waals surface area (Å²) in [5.74, 6) is 1.27. The predicted molar refractivity (Wildman–Crippen MR) is 87.4 cm³/mol. The van der Waals surface area contributed by atoms with E-state index in [4.69, 9.17) is 10.5 Å². The number of carbonyl (C=O) groups excluding carboxylic acids is 1. The van der Waals surface area contributed by atoms with Crippen LogP contribution in [0.5, 0.6) is 5.75 Å². The number of nitrogens with one attached hydrogen (secondary N) is 1. The number of nitrogens with zero attached hydrogens (tertiary/aromatic N) is 2. The average Bonchev–Trinajstić information content (AvgIpc) is 3.33. The number of rotatable bonds is 7. The SMILES string of the molecule is COc1ccc(Cn2cc(C(=O)NCC(N)C3CC3)cn2)cc1.